The van der Waals surface area contributed by atoms with E-state index in [1.165, 1.54) is 0 Å². The molecule has 0 saturated heterocycles. The van der Waals surface area contributed by atoms with Crippen molar-refractivity contribution in [2.45, 2.75) is 4.87 Å². The fourth-order valence-electron chi connectivity index (χ4n) is 1.38. The predicted molar refractivity (Wildman–Crippen MR) is 87.7 cm³/mol. The summed E-state index contributed by atoms with van der Waals surface area (Å²) in [4.78, 5) is -0.735. The van der Waals surface area contributed by atoms with Gasteiger partial charge in [-0.3, -0.25) is 0 Å². The van der Waals surface area contributed by atoms with E-state index in [9.17, 15) is 0 Å². The molecule has 2 aliphatic rings. The van der Waals surface area contributed by atoms with Gasteiger partial charge in [-0.2, -0.15) is 16.5 Å². The second-order valence-corrected chi connectivity index (χ2v) is 4.98. The summed E-state index contributed by atoms with van der Waals surface area (Å²) in [5.74, 6) is 0. The normalized spacial score (nSPS) is 16.9. The maximum Gasteiger partial charge on any atom is 2.00 e. The molecule has 0 heterocycles. The third kappa shape index (κ3) is 11.4. The summed E-state index contributed by atoms with van der Waals surface area (Å²) in [6.07, 6.45) is 20.0. The van der Waals surface area contributed by atoms with Crippen LogP contribution in [0.4, 0.5) is 0 Å². The Hall–Kier alpha value is 0.224. The van der Waals surface area contributed by atoms with Gasteiger partial charge in [0.1, 0.15) is 0 Å². The zero-order chi connectivity index (χ0) is 14.7. The van der Waals surface area contributed by atoms with Gasteiger partial charge >= 0.3 is 21.7 Å². The first kappa shape index (κ1) is 21.2. The predicted octanol–water partition coefficient (Wildman–Crippen LogP) is 4.83. The number of alkyl halides is 1. The van der Waals surface area contributed by atoms with E-state index < -0.39 is 4.87 Å². The number of rotatable bonds is 1. The number of benzene rings is 1. The standard InChI is InChI=1S/C9H9Cl.2C5H5.Ti/c1-9(2,10)8-6-4-3-5-7-8;2*1-2-4-5-3-1;/h3-7H,1-2H2;2*1-5H;/q-2;;;+2. The van der Waals surface area contributed by atoms with Crippen LogP contribution in [0.1, 0.15) is 5.56 Å². The van der Waals surface area contributed by atoms with Crippen molar-refractivity contribution in [2.75, 3.05) is 0 Å². The van der Waals surface area contributed by atoms with Crippen LogP contribution in [0.2, 0.25) is 0 Å². The summed E-state index contributed by atoms with van der Waals surface area (Å²) in [6.45, 7) is 7.39. The third-order valence-electron chi connectivity index (χ3n) is 2.40. The molecule has 106 valence electrons. The van der Waals surface area contributed by atoms with Crippen LogP contribution in [0, 0.1) is 78.1 Å². The Morgan fingerprint density at radius 2 is 0.905 bits per heavy atom. The molecule has 1 aromatic rings. The monoisotopic (exact) mass is 330 g/mol. The van der Waals surface area contributed by atoms with E-state index in [4.69, 9.17) is 11.6 Å². The molecule has 10 radical (unpaired) electrons. The van der Waals surface area contributed by atoms with Crippen LogP contribution in [-0.4, -0.2) is 0 Å². The average Bonchev–Trinajstić information content (AvgIpc) is 3.17. The topological polar surface area (TPSA) is 0 Å². The minimum Gasteiger partial charge on any atom is -0.349 e. The molecule has 0 spiro atoms. The summed E-state index contributed by atoms with van der Waals surface area (Å²) in [5.41, 5.74) is 0.941. The van der Waals surface area contributed by atoms with Gasteiger partial charge in [0.15, 0.2) is 0 Å². The zero-order valence-electron chi connectivity index (χ0n) is 12.0. The Bertz CT molecular complexity index is 296. The molecule has 0 nitrogen and oxygen atoms in total. The first-order chi connectivity index (χ1) is 9.61. The van der Waals surface area contributed by atoms with Crippen molar-refractivity contribution in [3.05, 3.63) is 114 Å². The van der Waals surface area contributed by atoms with Gasteiger partial charge in [-0.1, -0.05) is 35.9 Å². The Morgan fingerprint density at radius 3 is 1.10 bits per heavy atom. The number of hydrogen-bond acceptors (Lipinski definition) is 0. The molecule has 21 heavy (non-hydrogen) atoms. The molecule has 0 amide bonds. The van der Waals surface area contributed by atoms with E-state index in [2.05, 4.69) is 13.8 Å². The van der Waals surface area contributed by atoms with E-state index in [1.54, 1.807) is 0 Å². The van der Waals surface area contributed by atoms with Crippen molar-refractivity contribution in [1.29, 1.82) is 0 Å². The molecule has 0 aliphatic heterocycles. The van der Waals surface area contributed by atoms with Gasteiger partial charge in [-0.05, 0) is 64.2 Å². The van der Waals surface area contributed by atoms with Gasteiger partial charge in [-0.25, -0.2) is 0 Å². The Morgan fingerprint density at radius 1 is 0.619 bits per heavy atom. The molecule has 0 aromatic heterocycles. The van der Waals surface area contributed by atoms with Gasteiger partial charge in [0.2, 0.25) is 0 Å². The SMILES string of the molecule is [CH2-]C([CH2-])(Cl)c1ccccc1.[CH]1[CH][CH][CH][CH]1.[CH]1[CH][CH][CH][CH]1.[Ti+2]. The van der Waals surface area contributed by atoms with Gasteiger partial charge in [0, 0.05) is 0 Å². The maximum atomic E-state index is 5.84. The van der Waals surface area contributed by atoms with Crippen LogP contribution in [0.5, 0.6) is 0 Å². The second-order valence-electron chi connectivity index (χ2n) is 4.26. The van der Waals surface area contributed by atoms with E-state index in [0.717, 1.165) is 5.56 Å². The van der Waals surface area contributed by atoms with Crippen LogP contribution in [0.3, 0.4) is 0 Å². The first-order valence-electron chi connectivity index (χ1n) is 6.39. The fraction of sp³-hybridized carbons (Fsp3) is 0.0526. The molecular formula is C19H19ClTi. The van der Waals surface area contributed by atoms with Crippen LogP contribution in [0.15, 0.2) is 30.3 Å². The fourth-order valence-corrected chi connectivity index (χ4v) is 1.50. The molecule has 3 rings (SSSR count). The van der Waals surface area contributed by atoms with E-state index in [-0.39, 0.29) is 21.7 Å². The quantitative estimate of drug-likeness (QED) is 0.393. The van der Waals surface area contributed by atoms with Crippen molar-refractivity contribution in [3.8, 4) is 0 Å². The molecule has 0 atom stereocenters. The van der Waals surface area contributed by atoms with E-state index in [0.29, 0.717) is 0 Å². The summed E-state index contributed by atoms with van der Waals surface area (Å²) in [6, 6.07) is 9.60. The average molecular weight is 331 g/mol. The Labute approximate surface area is 151 Å². The number of halogens is 1. The molecule has 2 aliphatic carbocycles. The van der Waals surface area contributed by atoms with Crippen LogP contribution in [-0.2, 0) is 26.6 Å². The van der Waals surface area contributed by atoms with Gasteiger partial charge in [0.25, 0.3) is 0 Å². The van der Waals surface area contributed by atoms with Crippen molar-refractivity contribution >= 4 is 11.6 Å². The van der Waals surface area contributed by atoms with E-state index in [1.807, 2.05) is 94.5 Å². The molecule has 0 bridgehead atoms. The molecular weight excluding hydrogens is 312 g/mol. The summed E-state index contributed by atoms with van der Waals surface area (Å²) in [5, 5.41) is 0. The van der Waals surface area contributed by atoms with Crippen molar-refractivity contribution < 1.29 is 21.7 Å². The third-order valence-corrected chi connectivity index (χ3v) is 2.62. The molecule has 0 N–H and O–H groups in total. The van der Waals surface area contributed by atoms with Crippen LogP contribution < -0.4 is 0 Å². The first-order valence-corrected chi connectivity index (χ1v) is 6.77. The largest absolute Gasteiger partial charge is 2.00 e. The molecule has 2 heteroatoms. The van der Waals surface area contributed by atoms with Crippen molar-refractivity contribution in [1.82, 2.24) is 0 Å². The zero-order valence-corrected chi connectivity index (χ0v) is 14.3. The van der Waals surface area contributed by atoms with Crippen LogP contribution in [0.25, 0.3) is 0 Å². The van der Waals surface area contributed by atoms with Gasteiger partial charge < -0.3 is 13.8 Å². The minimum absolute atomic E-state index is 0. The molecule has 2 fully saturated rings. The smallest absolute Gasteiger partial charge is 0.349 e. The van der Waals surface area contributed by atoms with E-state index >= 15 is 0 Å². The molecule has 1 aromatic carbocycles. The summed E-state index contributed by atoms with van der Waals surface area (Å²) >= 11 is 5.84. The summed E-state index contributed by atoms with van der Waals surface area (Å²) in [7, 11) is 0. The van der Waals surface area contributed by atoms with Crippen molar-refractivity contribution in [3.63, 3.8) is 0 Å². The maximum absolute atomic E-state index is 5.84. The Balaban J connectivity index is 0.000000307. The van der Waals surface area contributed by atoms with Gasteiger partial charge in [0.05, 0.1) is 0 Å². The van der Waals surface area contributed by atoms with Crippen molar-refractivity contribution in [2.24, 2.45) is 0 Å². The second kappa shape index (κ2) is 12.7. The Kier molecular flexibility index (Phi) is 12.9. The van der Waals surface area contributed by atoms with Crippen LogP contribution >= 0.6 is 11.6 Å². The van der Waals surface area contributed by atoms with Gasteiger partial charge in [-0.15, -0.1) is 0 Å². The minimum atomic E-state index is -0.735. The molecule has 2 saturated carbocycles. The summed E-state index contributed by atoms with van der Waals surface area (Å²) < 4.78 is 0. The number of hydrogen-bond donors (Lipinski definition) is 0. The molecule has 0 unspecified atom stereocenters.